The van der Waals surface area contributed by atoms with Crippen LogP contribution in [0.4, 0.5) is 0 Å². The molecule has 0 aliphatic carbocycles. The number of benzene rings is 5. The Morgan fingerprint density at radius 2 is 1.02 bits per heavy atom. The second kappa shape index (κ2) is 10.3. The average molecular weight is 520 g/mol. The molecule has 5 heteroatoms. The molecule has 0 saturated carbocycles. The molecule has 2 heterocycles. The summed E-state index contributed by atoms with van der Waals surface area (Å²) in [5.74, 6) is 3.95. The number of nitrogens with zero attached hydrogens (tertiary/aromatic N) is 1. The molecule has 0 unspecified atom stereocenters. The number of nitrogens with one attached hydrogen (secondary N) is 2. The molecular formula is C35H25N3O2. The van der Waals surface area contributed by atoms with Gasteiger partial charge in [-0.25, -0.2) is 4.98 Å². The van der Waals surface area contributed by atoms with Gasteiger partial charge in [0.2, 0.25) is 0 Å². The third-order valence-corrected chi connectivity index (χ3v) is 6.78. The number of H-pyrrole nitrogens is 2. The lowest BCUT2D eigenvalue weighted by Crippen LogP contribution is -1.87. The van der Waals surface area contributed by atoms with Crippen molar-refractivity contribution in [1.82, 2.24) is 15.0 Å². The highest BCUT2D eigenvalue weighted by Gasteiger charge is 2.18. The maximum absolute atomic E-state index is 6.01. The predicted molar refractivity (Wildman–Crippen MR) is 160 cm³/mol. The van der Waals surface area contributed by atoms with Crippen molar-refractivity contribution in [2.24, 2.45) is 0 Å². The normalized spacial score (nSPS) is 11.0. The Bertz CT molecular complexity index is 1770. The molecule has 0 atom stereocenters. The molecule has 0 aliphatic rings. The van der Waals surface area contributed by atoms with Crippen molar-refractivity contribution in [3.63, 3.8) is 0 Å². The molecule has 5 aromatic carbocycles. The minimum atomic E-state index is 0.770. The predicted octanol–water partition coefficient (Wildman–Crippen LogP) is 9.48. The average Bonchev–Trinajstić information content (AvgIpc) is 3.64. The van der Waals surface area contributed by atoms with E-state index in [0.717, 1.165) is 67.8 Å². The molecule has 7 rings (SSSR count). The number of aromatic amines is 2. The Morgan fingerprint density at radius 3 is 1.65 bits per heavy atom. The summed E-state index contributed by atoms with van der Waals surface area (Å²) < 4.78 is 12.0. The fourth-order valence-corrected chi connectivity index (χ4v) is 4.81. The summed E-state index contributed by atoms with van der Waals surface area (Å²) in [6.07, 6.45) is 2.00. The van der Waals surface area contributed by atoms with Gasteiger partial charge in [0.05, 0.1) is 11.4 Å². The van der Waals surface area contributed by atoms with Gasteiger partial charge in [-0.15, -0.1) is 0 Å². The van der Waals surface area contributed by atoms with Crippen LogP contribution in [0.25, 0.3) is 44.8 Å². The molecule has 0 fully saturated rings. The van der Waals surface area contributed by atoms with Crippen LogP contribution in [0.3, 0.4) is 0 Å². The smallest absolute Gasteiger partial charge is 0.140 e. The van der Waals surface area contributed by atoms with Crippen LogP contribution in [-0.2, 0) is 0 Å². The van der Waals surface area contributed by atoms with E-state index in [1.54, 1.807) is 0 Å². The van der Waals surface area contributed by atoms with E-state index in [1.165, 1.54) is 0 Å². The minimum Gasteiger partial charge on any atom is -0.457 e. The molecule has 0 bridgehead atoms. The van der Waals surface area contributed by atoms with E-state index in [4.69, 9.17) is 14.5 Å². The molecule has 192 valence electrons. The third kappa shape index (κ3) is 4.72. The maximum atomic E-state index is 6.01. The SMILES string of the molecule is c1ccc(Oc2ccc(-c3nc(-c4c[nH]c5ccccc45)[nH]c3-c3ccc(Oc4ccccc4)cc3)cc2)cc1. The van der Waals surface area contributed by atoms with Gasteiger partial charge in [0, 0.05) is 33.8 Å². The van der Waals surface area contributed by atoms with E-state index in [9.17, 15) is 0 Å². The van der Waals surface area contributed by atoms with Gasteiger partial charge in [0.25, 0.3) is 0 Å². The zero-order chi connectivity index (χ0) is 26.7. The fraction of sp³-hybridized carbons (Fsp3) is 0. The topological polar surface area (TPSA) is 62.9 Å². The van der Waals surface area contributed by atoms with E-state index in [1.807, 2.05) is 115 Å². The van der Waals surface area contributed by atoms with Crippen LogP contribution in [0.2, 0.25) is 0 Å². The van der Waals surface area contributed by atoms with Crippen LogP contribution in [-0.4, -0.2) is 15.0 Å². The Labute approximate surface area is 231 Å². The first-order valence-electron chi connectivity index (χ1n) is 13.1. The fourth-order valence-electron chi connectivity index (χ4n) is 4.81. The molecule has 0 spiro atoms. The zero-order valence-electron chi connectivity index (χ0n) is 21.5. The summed E-state index contributed by atoms with van der Waals surface area (Å²) in [6, 6.07) is 43.9. The van der Waals surface area contributed by atoms with Crippen LogP contribution in [0.1, 0.15) is 0 Å². The van der Waals surface area contributed by atoms with Crippen molar-refractivity contribution in [2.45, 2.75) is 0 Å². The highest BCUT2D eigenvalue weighted by atomic mass is 16.5. The zero-order valence-corrected chi connectivity index (χ0v) is 21.5. The van der Waals surface area contributed by atoms with Gasteiger partial charge >= 0.3 is 0 Å². The highest BCUT2D eigenvalue weighted by molar-refractivity contribution is 5.95. The van der Waals surface area contributed by atoms with Crippen molar-refractivity contribution in [1.29, 1.82) is 0 Å². The van der Waals surface area contributed by atoms with Crippen molar-refractivity contribution < 1.29 is 9.47 Å². The first kappa shape index (κ1) is 23.6. The molecule has 0 amide bonds. The first-order chi connectivity index (χ1) is 19.8. The van der Waals surface area contributed by atoms with Gasteiger partial charge in [-0.3, -0.25) is 0 Å². The van der Waals surface area contributed by atoms with Crippen LogP contribution in [0, 0.1) is 0 Å². The van der Waals surface area contributed by atoms with Crippen LogP contribution >= 0.6 is 0 Å². The van der Waals surface area contributed by atoms with Gasteiger partial charge in [-0.05, 0) is 78.9 Å². The van der Waals surface area contributed by atoms with Crippen LogP contribution in [0.5, 0.6) is 23.0 Å². The number of hydrogen-bond donors (Lipinski definition) is 2. The van der Waals surface area contributed by atoms with Crippen molar-refractivity contribution >= 4 is 10.9 Å². The first-order valence-corrected chi connectivity index (χ1v) is 13.1. The molecule has 0 saturated heterocycles. The van der Waals surface area contributed by atoms with E-state index in [-0.39, 0.29) is 0 Å². The van der Waals surface area contributed by atoms with Gasteiger partial charge in [0.1, 0.15) is 28.8 Å². The second-order valence-electron chi connectivity index (χ2n) is 9.44. The Kier molecular flexibility index (Phi) is 6.07. The largest absolute Gasteiger partial charge is 0.457 e. The molecule has 7 aromatic rings. The van der Waals surface area contributed by atoms with Crippen molar-refractivity contribution in [3.8, 4) is 56.9 Å². The summed E-state index contributed by atoms with van der Waals surface area (Å²) in [5.41, 5.74) is 5.89. The molecule has 0 aliphatic heterocycles. The number of fused-ring (bicyclic) bond motifs is 1. The van der Waals surface area contributed by atoms with Crippen molar-refractivity contribution in [2.75, 3.05) is 0 Å². The monoisotopic (exact) mass is 519 g/mol. The molecule has 40 heavy (non-hydrogen) atoms. The lowest BCUT2D eigenvalue weighted by Gasteiger charge is -2.08. The summed E-state index contributed by atoms with van der Waals surface area (Å²) in [4.78, 5) is 12.1. The summed E-state index contributed by atoms with van der Waals surface area (Å²) in [5, 5.41) is 1.12. The molecule has 5 nitrogen and oxygen atoms in total. The molecule has 0 radical (unpaired) electrons. The minimum absolute atomic E-state index is 0.770. The van der Waals surface area contributed by atoms with Gasteiger partial charge < -0.3 is 19.4 Å². The number of ether oxygens (including phenoxy) is 2. The lowest BCUT2D eigenvalue weighted by molar-refractivity contribution is 0.482. The Hall–Kier alpha value is -5.55. The summed E-state index contributed by atoms with van der Waals surface area (Å²) in [6.45, 7) is 0. The molecule has 2 aromatic heterocycles. The molecular weight excluding hydrogens is 494 g/mol. The Morgan fingerprint density at radius 1 is 0.500 bits per heavy atom. The number of imidazole rings is 1. The van der Waals surface area contributed by atoms with Gasteiger partial charge in [-0.1, -0.05) is 54.6 Å². The second-order valence-corrected chi connectivity index (χ2v) is 9.44. The number of rotatable bonds is 7. The summed E-state index contributed by atoms with van der Waals surface area (Å²) >= 11 is 0. The summed E-state index contributed by atoms with van der Waals surface area (Å²) in [7, 11) is 0. The highest BCUT2D eigenvalue weighted by Crippen LogP contribution is 2.37. The van der Waals surface area contributed by atoms with E-state index in [0.29, 0.717) is 0 Å². The van der Waals surface area contributed by atoms with Crippen LogP contribution < -0.4 is 9.47 Å². The Balaban J connectivity index is 1.26. The quantitative estimate of drug-likeness (QED) is 0.220. The number of aromatic nitrogens is 3. The molecule has 2 N–H and O–H groups in total. The van der Waals surface area contributed by atoms with E-state index in [2.05, 4.69) is 34.2 Å². The number of hydrogen-bond acceptors (Lipinski definition) is 3. The van der Waals surface area contributed by atoms with Gasteiger partial charge in [-0.2, -0.15) is 0 Å². The van der Waals surface area contributed by atoms with Crippen molar-refractivity contribution in [3.05, 3.63) is 140 Å². The lowest BCUT2D eigenvalue weighted by atomic mass is 10.0. The number of para-hydroxylation sites is 3. The van der Waals surface area contributed by atoms with E-state index >= 15 is 0 Å². The van der Waals surface area contributed by atoms with E-state index < -0.39 is 0 Å². The van der Waals surface area contributed by atoms with Crippen LogP contribution in [0.15, 0.2) is 140 Å². The van der Waals surface area contributed by atoms with Gasteiger partial charge in [0.15, 0.2) is 0 Å². The standard InChI is InChI=1S/C35H25N3O2/c1-3-9-26(10-4-1)39-28-19-15-24(16-20-28)33-34(25-17-21-29(22-18-25)40-27-11-5-2-6-12-27)38-35(37-33)31-23-36-32-14-8-7-13-30(31)32/h1-23,36H,(H,37,38). The maximum Gasteiger partial charge on any atom is 0.140 e. The third-order valence-electron chi connectivity index (χ3n) is 6.78.